The Morgan fingerprint density at radius 3 is 2.95 bits per heavy atom. The Kier molecular flexibility index (Phi) is 3.11. The van der Waals surface area contributed by atoms with E-state index in [0.29, 0.717) is 5.92 Å². The maximum atomic E-state index is 12.3. The molecule has 1 saturated carbocycles. The number of nitrogens with one attached hydrogen (secondary N) is 1. The number of thiazole rings is 1. The zero-order valence-electron chi connectivity index (χ0n) is 11.1. The molecule has 104 valence electrons. The maximum absolute atomic E-state index is 12.3. The molecule has 1 fully saturated rings. The number of fused-ring (bicyclic) bond motifs is 1. The molecule has 4 rings (SSSR count). The fraction of sp³-hybridized carbons (Fsp3) is 0.467. The molecule has 2 aliphatic carbocycles. The Labute approximate surface area is 126 Å². The van der Waals surface area contributed by atoms with Crippen LogP contribution in [-0.4, -0.2) is 10.9 Å². The van der Waals surface area contributed by atoms with E-state index in [4.69, 9.17) is 0 Å². The molecule has 0 atom stereocenters. The summed E-state index contributed by atoms with van der Waals surface area (Å²) in [5.41, 5.74) is 2.53. The van der Waals surface area contributed by atoms with Crippen LogP contribution in [0.25, 0.3) is 0 Å². The van der Waals surface area contributed by atoms with E-state index < -0.39 is 0 Å². The van der Waals surface area contributed by atoms with Crippen LogP contribution in [0.5, 0.6) is 0 Å². The summed E-state index contributed by atoms with van der Waals surface area (Å²) in [6, 6.07) is 2.07. The SMILES string of the molecule is O=C(Nc1nc(C2CC2)cs1)c1cc2c(s1)CCCC2. The summed E-state index contributed by atoms with van der Waals surface area (Å²) in [7, 11) is 0. The highest BCUT2D eigenvalue weighted by molar-refractivity contribution is 7.15. The second kappa shape index (κ2) is 4.97. The van der Waals surface area contributed by atoms with Crippen LogP contribution in [0.4, 0.5) is 5.13 Å². The van der Waals surface area contributed by atoms with Crippen LogP contribution in [0.1, 0.15) is 57.4 Å². The molecule has 2 aromatic rings. The van der Waals surface area contributed by atoms with Crippen LogP contribution in [0.15, 0.2) is 11.4 Å². The van der Waals surface area contributed by atoms with E-state index in [1.807, 2.05) is 0 Å². The number of carbonyl (C=O) groups is 1. The zero-order chi connectivity index (χ0) is 13.5. The van der Waals surface area contributed by atoms with Crippen LogP contribution in [0, 0.1) is 0 Å². The highest BCUT2D eigenvalue weighted by atomic mass is 32.1. The fourth-order valence-electron chi connectivity index (χ4n) is 2.67. The third-order valence-electron chi connectivity index (χ3n) is 3.96. The third-order valence-corrected chi connectivity index (χ3v) is 5.97. The van der Waals surface area contributed by atoms with Gasteiger partial charge in [-0.3, -0.25) is 10.1 Å². The van der Waals surface area contributed by atoms with Crippen molar-refractivity contribution in [3.8, 4) is 0 Å². The lowest BCUT2D eigenvalue weighted by atomic mass is 9.99. The molecule has 0 aliphatic heterocycles. The van der Waals surface area contributed by atoms with Crippen molar-refractivity contribution in [2.75, 3.05) is 5.32 Å². The first-order valence-electron chi connectivity index (χ1n) is 7.18. The van der Waals surface area contributed by atoms with E-state index in [0.717, 1.165) is 28.5 Å². The van der Waals surface area contributed by atoms with Gasteiger partial charge in [-0.2, -0.15) is 0 Å². The van der Waals surface area contributed by atoms with E-state index in [2.05, 4.69) is 21.7 Å². The number of hydrogen-bond acceptors (Lipinski definition) is 4. The molecule has 2 aliphatic rings. The molecule has 0 radical (unpaired) electrons. The highest BCUT2D eigenvalue weighted by Crippen LogP contribution is 2.41. The first-order valence-corrected chi connectivity index (χ1v) is 8.87. The topological polar surface area (TPSA) is 42.0 Å². The average Bonchev–Trinajstić information content (AvgIpc) is 3.04. The van der Waals surface area contributed by atoms with Crippen LogP contribution in [0.3, 0.4) is 0 Å². The number of aryl methyl sites for hydroxylation is 2. The number of nitrogens with zero attached hydrogens (tertiary/aromatic N) is 1. The van der Waals surface area contributed by atoms with Gasteiger partial charge in [-0.1, -0.05) is 0 Å². The second-order valence-electron chi connectivity index (χ2n) is 5.57. The van der Waals surface area contributed by atoms with E-state index in [9.17, 15) is 4.79 Å². The van der Waals surface area contributed by atoms with Crippen molar-refractivity contribution in [3.05, 3.63) is 32.5 Å². The van der Waals surface area contributed by atoms with Gasteiger partial charge in [0.05, 0.1) is 10.6 Å². The van der Waals surface area contributed by atoms with Crippen molar-refractivity contribution in [1.29, 1.82) is 0 Å². The molecule has 0 spiro atoms. The lowest BCUT2D eigenvalue weighted by Gasteiger charge is -2.08. The molecule has 2 heterocycles. The van der Waals surface area contributed by atoms with Crippen LogP contribution >= 0.6 is 22.7 Å². The number of thiophene rings is 1. The Morgan fingerprint density at radius 1 is 1.30 bits per heavy atom. The van der Waals surface area contributed by atoms with Gasteiger partial charge in [0.2, 0.25) is 0 Å². The van der Waals surface area contributed by atoms with Crippen molar-refractivity contribution in [3.63, 3.8) is 0 Å². The Morgan fingerprint density at radius 2 is 2.15 bits per heavy atom. The fourth-order valence-corrected chi connectivity index (χ4v) is 4.61. The zero-order valence-corrected chi connectivity index (χ0v) is 12.8. The van der Waals surface area contributed by atoms with Gasteiger partial charge < -0.3 is 0 Å². The van der Waals surface area contributed by atoms with Gasteiger partial charge in [-0.25, -0.2) is 4.98 Å². The normalized spacial score (nSPS) is 17.8. The quantitative estimate of drug-likeness (QED) is 0.922. The van der Waals surface area contributed by atoms with Gasteiger partial charge in [0.15, 0.2) is 5.13 Å². The lowest BCUT2D eigenvalue weighted by molar-refractivity contribution is 0.103. The highest BCUT2D eigenvalue weighted by Gasteiger charge is 2.26. The first kappa shape index (κ1) is 12.5. The van der Waals surface area contributed by atoms with Crippen molar-refractivity contribution < 1.29 is 4.79 Å². The standard InChI is InChI=1S/C15H16N2OS2/c18-14(13-7-10-3-1-2-4-12(10)20-13)17-15-16-11(8-19-15)9-5-6-9/h7-9H,1-6H2,(H,16,17,18). The summed E-state index contributed by atoms with van der Waals surface area (Å²) in [4.78, 5) is 19.0. The van der Waals surface area contributed by atoms with Crippen molar-refractivity contribution in [2.24, 2.45) is 0 Å². The first-order chi connectivity index (χ1) is 9.79. The number of carbonyl (C=O) groups excluding carboxylic acids is 1. The van der Waals surface area contributed by atoms with Crippen LogP contribution in [-0.2, 0) is 12.8 Å². The molecule has 20 heavy (non-hydrogen) atoms. The minimum absolute atomic E-state index is 0.00102. The monoisotopic (exact) mass is 304 g/mol. The Bertz CT molecular complexity index is 631. The van der Waals surface area contributed by atoms with Gasteiger partial charge in [0, 0.05) is 16.2 Å². The molecule has 0 aromatic carbocycles. The minimum atomic E-state index is 0.00102. The smallest absolute Gasteiger partial charge is 0.267 e. The summed E-state index contributed by atoms with van der Waals surface area (Å²) < 4.78 is 0. The van der Waals surface area contributed by atoms with E-state index in [1.165, 1.54) is 47.5 Å². The summed E-state index contributed by atoms with van der Waals surface area (Å²) in [5, 5.41) is 5.76. The largest absolute Gasteiger partial charge is 0.297 e. The van der Waals surface area contributed by atoms with Gasteiger partial charge in [0.1, 0.15) is 0 Å². The van der Waals surface area contributed by atoms with Gasteiger partial charge in [-0.05, 0) is 50.2 Å². The molecular formula is C15H16N2OS2. The number of rotatable bonds is 3. The van der Waals surface area contributed by atoms with Gasteiger partial charge in [-0.15, -0.1) is 22.7 Å². The molecule has 5 heteroatoms. The van der Waals surface area contributed by atoms with Gasteiger partial charge >= 0.3 is 0 Å². The summed E-state index contributed by atoms with van der Waals surface area (Å²) in [6.45, 7) is 0. The van der Waals surface area contributed by atoms with Gasteiger partial charge in [0.25, 0.3) is 5.91 Å². The van der Waals surface area contributed by atoms with E-state index in [1.54, 1.807) is 11.3 Å². The average molecular weight is 304 g/mol. The predicted molar refractivity (Wildman–Crippen MR) is 83.0 cm³/mol. The van der Waals surface area contributed by atoms with Crippen LogP contribution < -0.4 is 5.32 Å². The second-order valence-corrected chi connectivity index (χ2v) is 7.57. The summed E-state index contributed by atoms with van der Waals surface area (Å²) >= 11 is 3.19. The molecule has 3 nitrogen and oxygen atoms in total. The summed E-state index contributed by atoms with van der Waals surface area (Å²) in [5.74, 6) is 0.645. The lowest BCUT2D eigenvalue weighted by Crippen LogP contribution is -2.09. The van der Waals surface area contributed by atoms with E-state index >= 15 is 0 Å². The molecule has 0 saturated heterocycles. The van der Waals surface area contributed by atoms with Crippen molar-refractivity contribution in [2.45, 2.75) is 44.4 Å². The third kappa shape index (κ3) is 2.40. The molecule has 2 aromatic heterocycles. The predicted octanol–water partition coefficient (Wildman–Crippen LogP) is 4.21. The maximum Gasteiger partial charge on any atom is 0.267 e. The Hall–Kier alpha value is -1.20. The molecule has 1 N–H and O–H groups in total. The molecule has 1 amide bonds. The number of anilines is 1. The van der Waals surface area contributed by atoms with E-state index in [-0.39, 0.29) is 5.91 Å². The number of amides is 1. The molecule has 0 unspecified atom stereocenters. The number of aromatic nitrogens is 1. The minimum Gasteiger partial charge on any atom is -0.297 e. The molecule has 0 bridgehead atoms. The van der Waals surface area contributed by atoms with Crippen molar-refractivity contribution >= 4 is 33.7 Å². The molecular weight excluding hydrogens is 288 g/mol. The summed E-state index contributed by atoms with van der Waals surface area (Å²) in [6.07, 6.45) is 7.26. The van der Waals surface area contributed by atoms with Crippen molar-refractivity contribution in [1.82, 2.24) is 4.98 Å². The van der Waals surface area contributed by atoms with Crippen LogP contribution in [0.2, 0.25) is 0 Å². The number of hydrogen-bond donors (Lipinski definition) is 1. The Balaban J connectivity index is 1.49.